The second-order valence-corrected chi connectivity index (χ2v) is 12.9. The van der Waals surface area contributed by atoms with Gasteiger partial charge in [0.25, 0.3) is 5.91 Å². The number of ether oxygens (including phenoxy) is 1. The molecule has 0 radical (unpaired) electrons. The van der Waals surface area contributed by atoms with Gasteiger partial charge in [0.1, 0.15) is 11.5 Å². The van der Waals surface area contributed by atoms with Crippen molar-refractivity contribution in [2.24, 2.45) is 0 Å². The molecule has 13 heteroatoms. The summed E-state index contributed by atoms with van der Waals surface area (Å²) < 4.78 is 48.7. The van der Waals surface area contributed by atoms with Gasteiger partial charge in [0, 0.05) is 52.8 Å². The number of carbonyl (C=O) groups is 1. The molecule has 0 spiro atoms. The molecular weight excluding hydrogens is 549 g/mol. The van der Waals surface area contributed by atoms with E-state index in [1.165, 1.54) is 26.2 Å². The average Bonchev–Trinajstić information content (AvgIpc) is 3.29. The largest absolute Gasteiger partial charge is 0.383 e. The van der Waals surface area contributed by atoms with Crippen LogP contribution in [-0.2, 0) is 14.9 Å². The molecule has 1 saturated heterocycles. The minimum absolute atomic E-state index is 0.0271. The van der Waals surface area contributed by atoms with Crippen LogP contribution in [0.4, 0.5) is 10.1 Å². The molecule has 1 N–H and O–H groups in total. The van der Waals surface area contributed by atoms with E-state index in [1.54, 1.807) is 30.0 Å². The quantitative estimate of drug-likeness (QED) is 0.385. The van der Waals surface area contributed by atoms with Gasteiger partial charge in [0.05, 0.1) is 29.1 Å². The molecule has 2 aromatic heterocycles. The number of nitrogens with one attached hydrogen (secondary N) is 1. The fourth-order valence-corrected chi connectivity index (χ4v) is 5.97. The molecule has 1 saturated carbocycles. The van der Waals surface area contributed by atoms with Gasteiger partial charge in [-0.1, -0.05) is 6.42 Å². The van der Waals surface area contributed by atoms with E-state index in [1.807, 2.05) is 0 Å². The van der Waals surface area contributed by atoms with Crippen molar-refractivity contribution in [2.45, 2.75) is 44.1 Å². The number of methoxy groups -OCH3 is 1. The zero-order valence-electron chi connectivity index (χ0n) is 24.0. The zero-order valence-corrected chi connectivity index (χ0v) is 24.8. The molecule has 222 valence electrons. The van der Waals surface area contributed by atoms with Gasteiger partial charge in [-0.25, -0.2) is 18.8 Å². The van der Waals surface area contributed by atoms with Crippen LogP contribution in [-0.4, -0.2) is 98.8 Å². The highest BCUT2D eigenvalue weighted by molar-refractivity contribution is 7.87. The number of piperidine rings is 1. The minimum atomic E-state index is -4.03. The summed E-state index contributed by atoms with van der Waals surface area (Å²) in [6.07, 6.45) is 4.96. The summed E-state index contributed by atoms with van der Waals surface area (Å²) >= 11 is 0. The van der Waals surface area contributed by atoms with Gasteiger partial charge in [-0.2, -0.15) is 17.8 Å². The topological polar surface area (TPSA) is 113 Å². The maximum absolute atomic E-state index is 13.8. The van der Waals surface area contributed by atoms with E-state index in [0.717, 1.165) is 72.8 Å². The summed E-state index contributed by atoms with van der Waals surface area (Å²) in [6, 6.07) is 8.06. The SMILES string of the molecule is COCCN(C)C1CCN(c2cc(C(=O)NS(=O)(=O)N(C)C)nc3c2c(C2CCC2)nn3-c2ccc(F)cc2)CC1. The lowest BCUT2D eigenvalue weighted by Crippen LogP contribution is -2.44. The van der Waals surface area contributed by atoms with Crippen molar-refractivity contribution >= 4 is 32.8 Å². The first-order valence-corrected chi connectivity index (χ1v) is 15.4. The number of carbonyl (C=O) groups excluding carboxylic acids is 1. The normalized spacial score (nSPS) is 17.0. The van der Waals surface area contributed by atoms with Gasteiger partial charge >= 0.3 is 10.2 Å². The summed E-state index contributed by atoms with van der Waals surface area (Å²) in [5.41, 5.74) is 2.75. The summed E-state index contributed by atoms with van der Waals surface area (Å²) in [4.78, 5) is 22.5. The molecule has 0 bridgehead atoms. The molecule has 0 atom stereocenters. The van der Waals surface area contributed by atoms with Crippen LogP contribution >= 0.6 is 0 Å². The van der Waals surface area contributed by atoms with Crippen LogP contribution < -0.4 is 9.62 Å². The summed E-state index contributed by atoms with van der Waals surface area (Å²) in [5, 5.41) is 5.83. The molecule has 1 aliphatic carbocycles. The first-order valence-electron chi connectivity index (χ1n) is 14.0. The lowest BCUT2D eigenvalue weighted by Gasteiger charge is -2.38. The van der Waals surface area contributed by atoms with Crippen LogP contribution in [0, 0.1) is 5.82 Å². The predicted octanol–water partition coefficient (Wildman–Crippen LogP) is 2.91. The third-order valence-electron chi connectivity index (χ3n) is 8.22. The number of anilines is 1. The molecule has 41 heavy (non-hydrogen) atoms. The summed E-state index contributed by atoms with van der Waals surface area (Å²) in [7, 11) is 2.48. The molecule has 3 aromatic rings. The Labute approximate surface area is 240 Å². The molecule has 2 aliphatic rings. The van der Waals surface area contributed by atoms with Crippen molar-refractivity contribution in [3.63, 3.8) is 0 Å². The van der Waals surface area contributed by atoms with E-state index >= 15 is 0 Å². The number of hydrogen-bond donors (Lipinski definition) is 1. The van der Waals surface area contributed by atoms with Crippen molar-refractivity contribution in [3.8, 4) is 5.69 Å². The number of halogens is 1. The molecule has 5 rings (SSSR count). The fraction of sp³-hybridized carbons (Fsp3) is 0.536. The van der Waals surface area contributed by atoms with Crippen LogP contribution in [0.2, 0.25) is 0 Å². The smallest absolute Gasteiger partial charge is 0.303 e. The Bertz CT molecular complexity index is 1500. The molecule has 1 aromatic carbocycles. The number of nitrogens with zero attached hydrogens (tertiary/aromatic N) is 6. The van der Waals surface area contributed by atoms with E-state index in [2.05, 4.69) is 26.6 Å². The monoisotopic (exact) mass is 587 g/mol. The van der Waals surface area contributed by atoms with Gasteiger partial charge < -0.3 is 14.5 Å². The van der Waals surface area contributed by atoms with Gasteiger partial charge in [0.2, 0.25) is 0 Å². The Morgan fingerprint density at radius 2 is 1.80 bits per heavy atom. The van der Waals surface area contributed by atoms with E-state index in [4.69, 9.17) is 9.84 Å². The zero-order chi connectivity index (χ0) is 29.3. The Hall–Kier alpha value is -3.13. The number of amides is 1. The second-order valence-electron chi connectivity index (χ2n) is 11.0. The predicted molar refractivity (Wildman–Crippen MR) is 155 cm³/mol. The highest BCUT2D eigenvalue weighted by Gasteiger charge is 2.32. The summed E-state index contributed by atoms with van der Waals surface area (Å²) in [6.45, 7) is 3.03. The number of benzene rings is 1. The molecule has 1 amide bonds. The third-order valence-corrected chi connectivity index (χ3v) is 9.62. The standard InChI is InChI=1S/C28H38FN7O4S/c1-33(2)41(38,39)32-28(37)23-18-24(35-14-12-21(13-15-35)34(3)16-17-40-4)25-26(19-6-5-7-19)31-36(27(25)30-23)22-10-8-20(29)9-11-22/h8-11,18-19,21H,5-7,12-17H2,1-4H3,(H,32,37). The van der Waals surface area contributed by atoms with Gasteiger partial charge in [0.15, 0.2) is 5.65 Å². The van der Waals surface area contributed by atoms with Crippen molar-refractivity contribution in [3.05, 3.63) is 47.5 Å². The highest BCUT2D eigenvalue weighted by Crippen LogP contribution is 2.43. The fourth-order valence-electron chi connectivity index (χ4n) is 5.44. The Morgan fingerprint density at radius 1 is 1.12 bits per heavy atom. The lowest BCUT2D eigenvalue weighted by molar-refractivity contribution is 0.0975. The van der Waals surface area contributed by atoms with E-state index in [0.29, 0.717) is 24.0 Å². The maximum atomic E-state index is 13.8. The van der Waals surface area contributed by atoms with E-state index < -0.39 is 16.1 Å². The average molecular weight is 588 g/mol. The Balaban J connectivity index is 1.61. The number of pyridine rings is 1. The molecule has 3 heterocycles. The first kappa shape index (κ1) is 29.4. The molecule has 0 unspecified atom stereocenters. The van der Waals surface area contributed by atoms with Crippen molar-refractivity contribution in [2.75, 3.05) is 59.4 Å². The number of hydrogen-bond acceptors (Lipinski definition) is 8. The molecular formula is C28H38FN7O4S. The van der Waals surface area contributed by atoms with Crippen molar-refractivity contribution in [1.29, 1.82) is 0 Å². The van der Waals surface area contributed by atoms with Gasteiger partial charge in [-0.3, -0.25) is 4.79 Å². The van der Waals surface area contributed by atoms with Crippen LogP contribution in [0.15, 0.2) is 30.3 Å². The number of likely N-dealkylation sites (N-methyl/N-ethyl adjacent to an activating group) is 1. The lowest BCUT2D eigenvalue weighted by atomic mass is 9.82. The Morgan fingerprint density at radius 3 is 2.39 bits per heavy atom. The first-order chi connectivity index (χ1) is 19.6. The second kappa shape index (κ2) is 12.0. The molecule has 11 nitrogen and oxygen atoms in total. The van der Waals surface area contributed by atoms with Crippen LogP contribution in [0.1, 0.15) is 54.2 Å². The number of rotatable bonds is 10. The van der Waals surface area contributed by atoms with Gasteiger partial charge in [-0.15, -0.1) is 0 Å². The van der Waals surface area contributed by atoms with E-state index in [9.17, 15) is 17.6 Å². The number of aromatic nitrogens is 3. The molecule has 1 aliphatic heterocycles. The summed E-state index contributed by atoms with van der Waals surface area (Å²) in [5.74, 6) is -0.940. The van der Waals surface area contributed by atoms with E-state index in [-0.39, 0.29) is 17.4 Å². The molecule has 2 fully saturated rings. The van der Waals surface area contributed by atoms with Crippen molar-refractivity contribution in [1.82, 2.24) is 28.7 Å². The van der Waals surface area contributed by atoms with Crippen LogP contribution in [0.3, 0.4) is 0 Å². The van der Waals surface area contributed by atoms with Crippen molar-refractivity contribution < 1.29 is 22.3 Å². The Kier molecular flexibility index (Phi) is 8.60. The van der Waals surface area contributed by atoms with Crippen LogP contribution in [0.25, 0.3) is 16.7 Å². The minimum Gasteiger partial charge on any atom is -0.383 e. The van der Waals surface area contributed by atoms with Crippen LogP contribution in [0.5, 0.6) is 0 Å². The highest BCUT2D eigenvalue weighted by atomic mass is 32.2. The third kappa shape index (κ3) is 6.08. The number of fused-ring (bicyclic) bond motifs is 1. The maximum Gasteiger partial charge on any atom is 0.303 e. The van der Waals surface area contributed by atoms with Gasteiger partial charge in [-0.05, 0) is 63.1 Å².